The molecule has 1 fully saturated rings. The third-order valence-electron chi connectivity index (χ3n) is 2.86. The first-order valence-electron chi connectivity index (χ1n) is 5.54. The van der Waals surface area contributed by atoms with Gasteiger partial charge in [0, 0.05) is 6.04 Å². The van der Waals surface area contributed by atoms with E-state index < -0.39 is 9.84 Å². The second-order valence-electron chi connectivity index (χ2n) is 4.21. The van der Waals surface area contributed by atoms with Gasteiger partial charge in [-0.1, -0.05) is 12.1 Å². The molecule has 90 valence electrons. The van der Waals surface area contributed by atoms with E-state index in [0.717, 1.165) is 5.56 Å². The van der Waals surface area contributed by atoms with Crippen molar-refractivity contribution in [3.05, 3.63) is 35.4 Å². The lowest BCUT2D eigenvalue weighted by molar-refractivity contribution is 0.572. The summed E-state index contributed by atoms with van der Waals surface area (Å²) < 4.78 is 23.4. The average molecular weight is 250 g/mol. The number of nitriles is 1. The minimum Gasteiger partial charge on any atom is -0.309 e. The van der Waals surface area contributed by atoms with Crippen LogP contribution in [-0.4, -0.2) is 26.5 Å². The maximum absolute atomic E-state index is 11.7. The van der Waals surface area contributed by atoms with Gasteiger partial charge in [-0.25, -0.2) is 8.42 Å². The van der Waals surface area contributed by atoms with Gasteiger partial charge in [-0.15, -0.1) is 0 Å². The summed E-state index contributed by atoms with van der Waals surface area (Å²) >= 11 is 0. The van der Waals surface area contributed by atoms with Crippen molar-refractivity contribution in [2.75, 3.05) is 18.1 Å². The summed E-state index contributed by atoms with van der Waals surface area (Å²) in [7, 11) is -2.98. The molecule has 1 aromatic carbocycles. The normalized spacial score (nSPS) is 23.6. The fraction of sp³-hybridized carbons (Fsp3) is 0.417. The Balaban J connectivity index is 2.29. The van der Waals surface area contributed by atoms with Crippen LogP contribution in [0.15, 0.2) is 24.3 Å². The van der Waals surface area contributed by atoms with Gasteiger partial charge in [0.15, 0.2) is 9.84 Å². The zero-order valence-corrected chi connectivity index (χ0v) is 10.2. The van der Waals surface area contributed by atoms with E-state index in [1.807, 2.05) is 6.07 Å². The third kappa shape index (κ3) is 3.05. The molecule has 0 radical (unpaired) electrons. The zero-order valence-electron chi connectivity index (χ0n) is 9.39. The summed E-state index contributed by atoms with van der Waals surface area (Å²) in [5.41, 5.74) is 1.43. The molecule has 0 amide bonds. The fourth-order valence-electron chi connectivity index (χ4n) is 2.00. The van der Waals surface area contributed by atoms with Crippen LogP contribution in [-0.2, 0) is 9.84 Å². The van der Waals surface area contributed by atoms with Crippen LogP contribution in [0.25, 0.3) is 0 Å². The lowest BCUT2D eigenvalue weighted by atomic mass is 10.1. The van der Waals surface area contributed by atoms with E-state index in [1.54, 1.807) is 18.2 Å². The first kappa shape index (κ1) is 12.1. The van der Waals surface area contributed by atoms with Gasteiger partial charge < -0.3 is 5.32 Å². The third-order valence-corrected chi connectivity index (χ3v) is 4.61. The SMILES string of the molecule is N#Cc1cccc(C2CS(=O)(=O)CCCN2)c1. The highest BCUT2D eigenvalue weighted by Crippen LogP contribution is 2.19. The van der Waals surface area contributed by atoms with Crippen LogP contribution in [0.2, 0.25) is 0 Å². The number of hydrogen-bond donors (Lipinski definition) is 1. The number of nitrogens with one attached hydrogen (secondary N) is 1. The average Bonchev–Trinajstić information content (AvgIpc) is 2.50. The standard InChI is InChI=1S/C12H14N2O2S/c13-8-10-3-1-4-11(7-10)12-9-17(15,16)6-2-5-14-12/h1,3-4,7,12,14H,2,5-6,9H2. The number of sulfone groups is 1. The van der Waals surface area contributed by atoms with Gasteiger partial charge >= 0.3 is 0 Å². The molecule has 0 aliphatic carbocycles. The van der Waals surface area contributed by atoms with Crippen molar-refractivity contribution in [3.63, 3.8) is 0 Å². The van der Waals surface area contributed by atoms with Gasteiger partial charge in [-0.05, 0) is 30.7 Å². The van der Waals surface area contributed by atoms with Crippen molar-refractivity contribution >= 4 is 9.84 Å². The topological polar surface area (TPSA) is 70.0 Å². The fourth-order valence-corrected chi connectivity index (χ4v) is 3.57. The molecular weight excluding hydrogens is 236 g/mol. The van der Waals surface area contributed by atoms with Gasteiger partial charge in [0.25, 0.3) is 0 Å². The summed E-state index contributed by atoms with van der Waals surface area (Å²) in [6, 6.07) is 8.98. The van der Waals surface area contributed by atoms with E-state index in [9.17, 15) is 8.42 Å². The second kappa shape index (κ2) is 4.86. The van der Waals surface area contributed by atoms with Crippen LogP contribution < -0.4 is 5.32 Å². The van der Waals surface area contributed by atoms with Gasteiger partial charge in [0.2, 0.25) is 0 Å². The highest BCUT2D eigenvalue weighted by Gasteiger charge is 2.23. The van der Waals surface area contributed by atoms with Gasteiger partial charge in [-0.2, -0.15) is 5.26 Å². The predicted molar refractivity (Wildman–Crippen MR) is 65.2 cm³/mol. The Bertz CT molecular complexity index is 546. The van der Waals surface area contributed by atoms with E-state index >= 15 is 0 Å². The number of nitrogens with zero attached hydrogens (tertiary/aromatic N) is 1. The first-order valence-corrected chi connectivity index (χ1v) is 7.37. The van der Waals surface area contributed by atoms with Crippen LogP contribution in [0.3, 0.4) is 0 Å². The molecule has 2 rings (SSSR count). The smallest absolute Gasteiger partial charge is 0.152 e. The zero-order chi connectivity index (χ0) is 12.3. The van der Waals surface area contributed by atoms with Crippen molar-refractivity contribution in [2.45, 2.75) is 12.5 Å². The molecule has 5 heteroatoms. The van der Waals surface area contributed by atoms with E-state index in [2.05, 4.69) is 11.4 Å². The Kier molecular flexibility index (Phi) is 3.46. The number of benzene rings is 1. The molecule has 0 saturated carbocycles. The molecule has 1 N–H and O–H groups in total. The Morgan fingerprint density at radius 3 is 3.00 bits per heavy atom. The first-order chi connectivity index (χ1) is 8.11. The molecule has 1 aromatic rings. The van der Waals surface area contributed by atoms with E-state index in [-0.39, 0.29) is 17.5 Å². The summed E-state index contributed by atoms with van der Waals surface area (Å²) in [4.78, 5) is 0. The van der Waals surface area contributed by atoms with Gasteiger partial charge in [0.1, 0.15) is 0 Å². The van der Waals surface area contributed by atoms with Crippen LogP contribution >= 0.6 is 0 Å². The Morgan fingerprint density at radius 1 is 1.41 bits per heavy atom. The molecule has 1 atom stereocenters. The monoisotopic (exact) mass is 250 g/mol. The predicted octanol–water partition coefficient (Wildman–Crippen LogP) is 1.01. The Hall–Kier alpha value is -1.38. The van der Waals surface area contributed by atoms with E-state index in [4.69, 9.17) is 5.26 Å². The van der Waals surface area contributed by atoms with Crippen molar-refractivity contribution in [1.82, 2.24) is 5.32 Å². The van der Waals surface area contributed by atoms with Crippen molar-refractivity contribution in [1.29, 1.82) is 5.26 Å². The molecule has 0 aromatic heterocycles. The van der Waals surface area contributed by atoms with Crippen LogP contribution in [0, 0.1) is 11.3 Å². The van der Waals surface area contributed by atoms with Crippen molar-refractivity contribution < 1.29 is 8.42 Å². The molecule has 1 saturated heterocycles. The van der Waals surface area contributed by atoms with Crippen LogP contribution in [0.4, 0.5) is 0 Å². The summed E-state index contributed by atoms with van der Waals surface area (Å²) in [6.07, 6.45) is 0.650. The molecule has 1 heterocycles. The molecule has 1 aliphatic rings. The molecule has 1 unspecified atom stereocenters. The molecule has 1 aliphatic heterocycles. The Labute approximate surface area is 101 Å². The maximum Gasteiger partial charge on any atom is 0.152 e. The van der Waals surface area contributed by atoms with Crippen molar-refractivity contribution in [2.24, 2.45) is 0 Å². The quantitative estimate of drug-likeness (QED) is 0.807. The second-order valence-corrected chi connectivity index (χ2v) is 6.44. The van der Waals surface area contributed by atoms with Crippen LogP contribution in [0.5, 0.6) is 0 Å². The van der Waals surface area contributed by atoms with Crippen molar-refractivity contribution in [3.8, 4) is 6.07 Å². The molecule has 4 nitrogen and oxygen atoms in total. The minimum atomic E-state index is -2.98. The Morgan fingerprint density at radius 2 is 2.24 bits per heavy atom. The van der Waals surface area contributed by atoms with Gasteiger partial charge in [0.05, 0.1) is 23.1 Å². The lowest BCUT2D eigenvalue weighted by Gasteiger charge is -2.15. The minimum absolute atomic E-state index is 0.113. The largest absolute Gasteiger partial charge is 0.309 e. The highest BCUT2D eigenvalue weighted by atomic mass is 32.2. The summed E-state index contributed by atoms with van der Waals surface area (Å²) in [5.74, 6) is 0.357. The number of hydrogen-bond acceptors (Lipinski definition) is 4. The molecule has 0 spiro atoms. The number of rotatable bonds is 1. The molecular formula is C12H14N2O2S. The lowest BCUT2D eigenvalue weighted by Crippen LogP contribution is -2.25. The van der Waals surface area contributed by atoms with Crippen LogP contribution in [0.1, 0.15) is 23.6 Å². The maximum atomic E-state index is 11.7. The van der Waals surface area contributed by atoms with E-state index in [0.29, 0.717) is 18.5 Å². The highest BCUT2D eigenvalue weighted by molar-refractivity contribution is 7.91. The molecule has 17 heavy (non-hydrogen) atoms. The molecule has 0 bridgehead atoms. The van der Waals surface area contributed by atoms with Gasteiger partial charge in [-0.3, -0.25) is 0 Å². The van der Waals surface area contributed by atoms with E-state index in [1.165, 1.54) is 0 Å². The summed E-state index contributed by atoms with van der Waals surface area (Å²) in [6.45, 7) is 0.695. The summed E-state index contributed by atoms with van der Waals surface area (Å²) in [5, 5.41) is 12.0.